The van der Waals surface area contributed by atoms with Crippen LogP contribution in [0.25, 0.3) is 10.2 Å². The second kappa shape index (κ2) is 9.89. The fourth-order valence-electron chi connectivity index (χ4n) is 3.45. The molecule has 0 saturated carbocycles. The number of aryl methyl sites for hydroxylation is 2. The summed E-state index contributed by atoms with van der Waals surface area (Å²) in [6.07, 6.45) is 0.700. The normalized spacial score (nSPS) is 11.9. The van der Waals surface area contributed by atoms with Crippen molar-refractivity contribution < 1.29 is 13.2 Å². The topological polar surface area (TPSA) is 70.6 Å². The van der Waals surface area contributed by atoms with E-state index in [4.69, 9.17) is 4.98 Å². The minimum absolute atomic E-state index is 0.0763. The van der Waals surface area contributed by atoms with Crippen molar-refractivity contribution in [3.8, 4) is 0 Å². The van der Waals surface area contributed by atoms with Crippen LogP contribution in [0.15, 0.2) is 47.4 Å². The third-order valence-corrected chi connectivity index (χ3v) is 7.78. The molecule has 3 rings (SSSR count). The summed E-state index contributed by atoms with van der Waals surface area (Å²) in [7, 11) is 0.462. The highest BCUT2D eigenvalue weighted by Crippen LogP contribution is 2.32. The van der Waals surface area contributed by atoms with Gasteiger partial charge in [0.05, 0.1) is 20.9 Å². The number of rotatable bonds is 9. The maximum absolute atomic E-state index is 13.1. The second-order valence-electron chi connectivity index (χ2n) is 8.01. The SMILES string of the molecule is Cc1cc(C)c2nc(N(CCCN(C)C)C(=O)CCS(=O)(=O)c3ccccc3)sc2c1. The second-order valence-corrected chi connectivity index (χ2v) is 11.1. The Bertz CT molecular complexity index is 1160. The van der Waals surface area contributed by atoms with Gasteiger partial charge in [-0.2, -0.15) is 0 Å². The van der Waals surface area contributed by atoms with E-state index in [1.54, 1.807) is 35.2 Å². The number of amides is 1. The molecule has 6 nitrogen and oxygen atoms in total. The molecule has 0 unspecified atom stereocenters. The quantitative estimate of drug-likeness (QED) is 0.483. The maximum Gasteiger partial charge on any atom is 0.229 e. The predicted molar refractivity (Wildman–Crippen MR) is 128 cm³/mol. The van der Waals surface area contributed by atoms with E-state index in [9.17, 15) is 13.2 Å². The van der Waals surface area contributed by atoms with Crippen molar-refractivity contribution in [2.75, 3.05) is 37.8 Å². The van der Waals surface area contributed by atoms with Gasteiger partial charge in [-0.25, -0.2) is 13.4 Å². The Balaban J connectivity index is 1.83. The van der Waals surface area contributed by atoms with Gasteiger partial charge in [0.25, 0.3) is 0 Å². The number of nitrogens with zero attached hydrogens (tertiary/aromatic N) is 3. The van der Waals surface area contributed by atoms with Gasteiger partial charge in [0.2, 0.25) is 5.91 Å². The highest BCUT2D eigenvalue weighted by Gasteiger charge is 2.23. The summed E-state index contributed by atoms with van der Waals surface area (Å²) >= 11 is 1.48. The molecule has 3 aromatic rings. The zero-order chi connectivity index (χ0) is 22.6. The highest BCUT2D eigenvalue weighted by atomic mass is 32.2. The lowest BCUT2D eigenvalue weighted by atomic mass is 10.1. The predicted octanol–water partition coefficient (Wildman–Crippen LogP) is 4.06. The number of benzene rings is 2. The van der Waals surface area contributed by atoms with Gasteiger partial charge in [-0.15, -0.1) is 0 Å². The number of fused-ring (bicyclic) bond motifs is 1. The van der Waals surface area contributed by atoms with Crippen LogP contribution >= 0.6 is 11.3 Å². The fourth-order valence-corrected chi connectivity index (χ4v) is 5.88. The Kier molecular flexibility index (Phi) is 7.46. The first-order valence-electron chi connectivity index (χ1n) is 10.3. The van der Waals surface area contributed by atoms with E-state index in [0.29, 0.717) is 11.7 Å². The number of carbonyl (C=O) groups is 1. The van der Waals surface area contributed by atoms with E-state index in [0.717, 1.165) is 34.3 Å². The van der Waals surface area contributed by atoms with Gasteiger partial charge < -0.3 is 4.90 Å². The molecule has 1 heterocycles. The molecule has 1 amide bonds. The van der Waals surface area contributed by atoms with Gasteiger partial charge in [-0.05, 0) is 70.2 Å². The number of thiazole rings is 1. The monoisotopic (exact) mass is 459 g/mol. The molecule has 0 bridgehead atoms. The van der Waals surface area contributed by atoms with Gasteiger partial charge in [0.1, 0.15) is 0 Å². The first-order valence-corrected chi connectivity index (χ1v) is 12.7. The summed E-state index contributed by atoms with van der Waals surface area (Å²) in [5, 5.41) is 0.629. The number of carbonyl (C=O) groups excluding carboxylic acids is 1. The summed E-state index contributed by atoms with van der Waals surface area (Å²) in [5.74, 6) is -0.435. The lowest BCUT2D eigenvalue weighted by Crippen LogP contribution is -2.34. The van der Waals surface area contributed by atoms with Crippen molar-refractivity contribution >= 4 is 42.4 Å². The third-order valence-electron chi connectivity index (χ3n) is 5.02. The standard InChI is InChI=1S/C23H29N3O3S2/c1-17-15-18(2)22-20(16-17)30-23(24-22)26(13-8-12-25(3)4)21(27)11-14-31(28,29)19-9-6-5-7-10-19/h5-7,9-10,15-16H,8,11-14H2,1-4H3. The Morgan fingerprint density at radius 1 is 1.06 bits per heavy atom. The molecule has 0 aliphatic heterocycles. The average Bonchev–Trinajstić information content (AvgIpc) is 3.14. The van der Waals surface area contributed by atoms with Crippen LogP contribution in [0.1, 0.15) is 24.0 Å². The molecule has 31 heavy (non-hydrogen) atoms. The smallest absolute Gasteiger partial charge is 0.229 e. The molecule has 0 saturated heterocycles. The fraction of sp³-hybridized carbons (Fsp3) is 0.391. The number of hydrogen-bond acceptors (Lipinski definition) is 6. The number of hydrogen-bond donors (Lipinski definition) is 0. The molecule has 0 aliphatic carbocycles. The molecule has 0 aliphatic rings. The number of anilines is 1. The van der Waals surface area contributed by atoms with Crippen LogP contribution < -0.4 is 4.90 Å². The van der Waals surface area contributed by atoms with Gasteiger partial charge in [-0.1, -0.05) is 35.6 Å². The van der Waals surface area contributed by atoms with E-state index in [-0.39, 0.29) is 23.0 Å². The van der Waals surface area contributed by atoms with Crippen LogP contribution in [0.2, 0.25) is 0 Å². The molecule has 166 valence electrons. The molecular weight excluding hydrogens is 430 g/mol. The third kappa shape index (κ3) is 5.90. The number of aromatic nitrogens is 1. The Morgan fingerprint density at radius 3 is 2.45 bits per heavy atom. The molecule has 0 radical (unpaired) electrons. The molecule has 2 aromatic carbocycles. The summed E-state index contributed by atoms with van der Waals surface area (Å²) in [5.41, 5.74) is 3.12. The van der Waals surface area contributed by atoms with Crippen molar-refractivity contribution in [1.82, 2.24) is 9.88 Å². The maximum atomic E-state index is 13.1. The Labute approximate surface area is 188 Å². The zero-order valence-electron chi connectivity index (χ0n) is 18.5. The summed E-state index contributed by atoms with van der Waals surface area (Å²) in [6.45, 7) is 5.39. The molecule has 1 aromatic heterocycles. The van der Waals surface area contributed by atoms with Crippen LogP contribution in [-0.4, -0.2) is 57.1 Å². The van der Waals surface area contributed by atoms with Crippen molar-refractivity contribution in [2.45, 2.75) is 31.6 Å². The van der Waals surface area contributed by atoms with E-state index in [2.05, 4.69) is 17.0 Å². The van der Waals surface area contributed by atoms with E-state index in [1.165, 1.54) is 11.3 Å². The summed E-state index contributed by atoms with van der Waals surface area (Å²) < 4.78 is 26.3. The Hall–Kier alpha value is -2.29. The lowest BCUT2D eigenvalue weighted by molar-refractivity contribution is -0.118. The summed E-state index contributed by atoms with van der Waals surface area (Å²) in [4.78, 5) is 21.8. The van der Waals surface area contributed by atoms with Crippen LogP contribution in [0, 0.1) is 13.8 Å². The molecular formula is C23H29N3O3S2. The van der Waals surface area contributed by atoms with Gasteiger partial charge >= 0.3 is 0 Å². The van der Waals surface area contributed by atoms with Gasteiger partial charge in [-0.3, -0.25) is 9.69 Å². The minimum Gasteiger partial charge on any atom is -0.309 e. The van der Waals surface area contributed by atoms with E-state index in [1.807, 2.05) is 27.9 Å². The van der Waals surface area contributed by atoms with E-state index < -0.39 is 9.84 Å². The lowest BCUT2D eigenvalue weighted by Gasteiger charge is -2.21. The first-order chi connectivity index (χ1) is 14.7. The van der Waals surface area contributed by atoms with Crippen molar-refractivity contribution in [1.29, 1.82) is 0 Å². The van der Waals surface area contributed by atoms with Gasteiger partial charge in [0, 0.05) is 13.0 Å². The molecule has 0 fully saturated rings. The first kappa shape index (κ1) is 23.4. The molecule has 0 N–H and O–H groups in total. The number of sulfone groups is 1. The van der Waals surface area contributed by atoms with Crippen LogP contribution in [0.4, 0.5) is 5.13 Å². The van der Waals surface area contributed by atoms with Crippen molar-refractivity contribution in [3.05, 3.63) is 53.6 Å². The van der Waals surface area contributed by atoms with Crippen LogP contribution in [-0.2, 0) is 14.6 Å². The molecule has 8 heteroatoms. The van der Waals surface area contributed by atoms with E-state index >= 15 is 0 Å². The van der Waals surface area contributed by atoms with Crippen LogP contribution in [0.5, 0.6) is 0 Å². The van der Waals surface area contributed by atoms with Crippen LogP contribution in [0.3, 0.4) is 0 Å². The molecule has 0 spiro atoms. The Morgan fingerprint density at radius 2 is 1.77 bits per heavy atom. The zero-order valence-corrected chi connectivity index (χ0v) is 20.1. The van der Waals surface area contributed by atoms with Crippen molar-refractivity contribution in [3.63, 3.8) is 0 Å². The van der Waals surface area contributed by atoms with Crippen molar-refractivity contribution in [2.24, 2.45) is 0 Å². The van der Waals surface area contributed by atoms with Gasteiger partial charge in [0.15, 0.2) is 15.0 Å². The highest BCUT2D eigenvalue weighted by molar-refractivity contribution is 7.91. The average molecular weight is 460 g/mol. The largest absolute Gasteiger partial charge is 0.309 e. The molecule has 0 atom stereocenters. The minimum atomic E-state index is -3.51. The summed E-state index contributed by atoms with van der Waals surface area (Å²) in [6, 6.07) is 12.4.